The molecule has 0 saturated heterocycles. The predicted molar refractivity (Wildman–Crippen MR) is 77.6 cm³/mol. The zero-order chi connectivity index (χ0) is 14.4. The standard InChI is InChI=1S/C12H19N7O/c1-3-5-14-9(20)4-6-15-10-8-7-16-19-11(8)18-12(13-2)17-10/h7H,3-6H2,1-2H3,(H,14,20)(H3,13,15,16,17,18,19). The van der Waals surface area contributed by atoms with Crippen molar-refractivity contribution < 1.29 is 4.79 Å². The van der Waals surface area contributed by atoms with Crippen LogP contribution in [0.4, 0.5) is 11.8 Å². The van der Waals surface area contributed by atoms with Crippen LogP contribution >= 0.6 is 0 Å². The molecule has 0 bridgehead atoms. The Labute approximate surface area is 116 Å². The second-order valence-electron chi connectivity index (χ2n) is 4.30. The highest BCUT2D eigenvalue weighted by molar-refractivity contribution is 5.87. The first-order valence-electron chi connectivity index (χ1n) is 6.64. The Balaban J connectivity index is 1.98. The van der Waals surface area contributed by atoms with E-state index in [1.165, 1.54) is 0 Å². The van der Waals surface area contributed by atoms with E-state index in [1.54, 1.807) is 13.2 Å². The highest BCUT2D eigenvalue weighted by Crippen LogP contribution is 2.19. The van der Waals surface area contributed by atoms with Crippen LogP contribution in [0, 0.1) is 0 Å². The van der Waals surface area contributed by atoms with Crippen molar-refractivity contribution in [1.82, 2.24) is 25.5 Å². The first kappa shape index (κ1) is 14.0. The molecule has 2 rings (SSSR count). The van der Waals surface area contributed by atoms with Crippen molar-refractivity contribution in [2.45, 2.75) is 19.8 Å². The monoisotopic (exact) mass is 277 g/mol. The van der Waals surface area contributed by atoms with Crippen molar-refractivity contribution in [1.29, 1.82) is 0 Å². The summed E-state index contributed by atoms with van der Waals surface area (Å²) in [5, 5.41) is 16.4. The molecule has 108 valence electrons. The summed E-state index contributed by atoms with van der Waals surface area (Å²) in [6.07, 6.45) is 3.00. The van der Waals surface area contributed by atoms with E-state index in [0.717, 1.165) is 11.8 Å². The van der Waals surface area contributed by atoms with Crippen molar-refractivity contribution in [2.75, 3.05) is 30.8 Å². The number of rotatable bonds is 7. The lowest BCUT2D eigenvalue weighted by Gasteiger charge is -2.08. The summed E-state index contributed by atoms with van der Waals surface area (Å²) in [7, 11) is 1.75. The number of anilines is 2. The van der Waals surface area contributed by atoms with Crippen molar-refractivity contribution in [3.8, 4) is 0 Å². The van der Waals surface area contributed by atoms with Gasteiger partial charge in [0.15, 0.2) is 5.65 Å². The molecule has 0 saturated carbocycles. The average molecular weight is 277 g/mol. The van der Waals surface area contributed by atoms with Crippen molar-refractivity contribution in [3.05, 3.63) is 6.20 Å². The van der Waals surface area contributed by atoms with Gasteiger partial charge >= 0.3 is 0 Å². The molecule has 2 heterocycles. The molecule has 2 aromatic heterocycles. The fourth-order valence-electron chi connectivity index (χ4n) is 1.73. The molecule has 0 spiro atoms. The lowest BCUT2D eigenvalue weighted by molar-refractivity contribution is -0.120. The largest absolute Gasteiger partial charge is 0.369 e. The Morgan fingerprint density at radius 3 is 2.95 bits per heavy atom. The number of hydrogen-bond acceptors (Lipinski definition) is 6. The molecule has 0 atom stereocenters. The van der Waals surface area contributed by atoms with Gasteiger partial charge in [-0.3, -0.25) is 9.89 Å². The van der Waals surface area contributed by atoms with E-state index in [4.69, 9.17) is 0 Å². The number of aromatic amines is 1. The molecule has 0 aromatic carbocycles. The number of amides is 1. The number of nitrogens with one attached hydrogen (secondary N) is 4. The maximum Gasteiger partial charge on any atom is 0.226 e. The molecule has 2 aromatic rings. The molecule has 0 fully saturated rings. The fraction of sp³-hybridized carbons (Fsp3) is 0.500. The topological polar surface area (TPSA) is 108 Å². The van der Waals surface area contributed by atoms with E-state index in [1.807, 2.05) is 6.92 Å². The Morgan fingerprint density at radius 1 is 1.35 bits per heavy atom. The van der Waals surface area contributed by atoms with Crippen LogP contribution in [-0.2, 0) is 4.79 Å². The maximum atomic E-state index is 11.5. The van der Waals surface area contributed by atoms with Crippen LogP contribution in [0.3, 0.4) is 0 Å². The number of fused-ring (bicyclic) bond motifs is 1. The summed E-state index contributed by atoms with van der Waals surface area (Å²) in [6.45, 7) is 3.24. The number of hydrogen-bond donors (Lipinski definition) is 4. The maximum absolute atomic E-state index is 11.5. The van der Waals surface area contributed by atoms with Gasteiger partial charge in [-0.15, -0.1) is 0 Å². The minimum absolute atomic E-state index is 0.0330. The minimum atomic E-state index is 0.0330. The molecule has 0 aliphatic heterocycles. The van der Waals surface area contributed by atoms with Crippen LogP contribution in [0.2, 0.25) is 0 Å². The van der Waals surface area contributed by atoms with Gasteiger partial charge in [0.05, 0.1) is 11.6 Å². The summed E-state index contributed by atoms with van der Waals surface area (Å²) >= 11 is 0. The molecule has 0 aliphatic rings. The van der Waals surface area contributed by atoms with E-state index in [2.05, 4.69) is 36.1 Å². The van der Waals surface area contributed by atoms with E-state index in [-0.39, 0.29) is 5.91 Å². The number of aromatic nitrogens is 4. The fourth-order valence-corrected chi connectivity index (χ4v) is 1.73. The van der Waals surface area contributed by atoms with E-state index >= 15 is 0 Å². The van der Waals surface area contributed by atoms with Crippen molar-refractivity contribution in [3.63, 3.8) is 0 Å². The molecule has 8 heteroatoms. The molecule has 0 radical (unpaired) electrons. The summed E-state index contributed by atoms with van der Waals surface area (Å²) in [4.78, 5) is 20.1. The van der Waals surface area contributed by atoms with Gasteiger partial charge in [0, 0.05) is 26.6 Å². The number of H-pyrrole nitrogens is 1. The van der Waals surface area contributed by atoms with Gasteiger partial charge in [0.1, 0.15) is 5.82 Å². The molecule has 0 aliphatic carbocycles. The summed E-state index contributed by atoms with van der Waals surface area (Å²) in [5.74, 6) is 1.20. The molecule has 8 nitrogen and oxygen atoms in total. The lowest BCUT2D eigenvalue weighted by Crippen LogP contribution is -2.26. The molecule has 1 amide bonds. The van der Waals surface area contributed by atoms with E-state index in [0.29, 0.717) is 36.9 Å². The smallest absolute Gasteiger partial charge is 0.226 e. The number of carbonyl (C=O) groups excluding carboxylic acids is 1. The predicted octanol–water partition coefficient (Wildman–Crippen LogP) is 0.723. The van der Waals surface area contributed by atoms with E-state index in [9.17, 15) is 4.79 Å². The number of nitrogens with zero attached hydrogens (tertiary/aromatic N) is 3. The zero-order valence-corrected chi connectivity index (χ0v) is 11.7. The Morgan fingerprint density at radius 2 is 2.20 bits per heavy atom. The quantitative estimate of drug-likeness (QED) is 0.594. The van der Waals surface area contributed by atoms with Gasteiger partial charge in [0.2, 0.25) is 11.9 Å². The Kier molecular flexibility index (Phi) is 4.70. The highest BCUT2D eigenvalue weighted by Gasteiger charge is 2.09. The van der Waals surface area contributed by atoms with Gasteiger partial charge < -0.3 is 16.0 Å². The Bertz CT molecular complexity index is 580. The minimum Gasteiger partial charge on any atom is -0.369 e. The molecular weight excluding hydrogens is 258 g/mol. The third-order valence-electron chi connectivity index (χ3n) is 2.75. The average Bonchev–Trinajstić information content (AvgIpc) is 2.93. The summed E-state index contributed by atoms with van der Waals surface area (Å²) in [5.41, 5.74) is 0.655. The first-order valence-corrected chi connectivity index (χ1v) is 6.64. The van der Waals surface area contributed by atoms with Crippen LogP contribution in [0.25, 0.3) is 11.0 Å². The third-order valence-corrected chi connectivity index (χ3v) is 2.75. The number of carbonyl (C=O) groups is 1. The molecule has 20 heavy (non-hydrogen) atoms. The lowest BCUT2D eigenvalue weighted by atomic mass is 10.3. The molecule has 4 N–H and O–H groups in total. The zero-order valence-electron chi connectivity index (χ0n) is 11.7. The van der Waals surface area contributed by atoms with Gasteiger partial charge in [-0.1, -0.05) is 6.92 Å². The molecule has 0 unspecified atom stereocenters. The third kappa shape index (κ3) is 3.34. The van der Waals surface area contributed by atoms with Gasteiger partial charge in [0.25, 0.3) is 0 Å². The summed E-state index contributed by atoms with van der Waals surface area (Å²) < 4.78 is 0. The SMILES string of the molecule is CCCNC(=O)CCNc1nc(NC)nc2[nH]ncc12. The van der Waals surface area contributed by atoms with Gasteiger partial charge in [-0.2, -0.15) is 15.1 Å². The van der Waals surface area contributed by atoms with Gasteiger partial charge in [-0.05, 0) is 6.42 Å². The van der Waals surface area contributed by atoms with Crippen molar-refractivity contribution in [2.24, 2.45) is 0 Å². The van der Waals surface area contributed by atoms with E-state index < -0.39 is 0 Å². The van der Waals surface area contributed by atoms with Crippen LogP contribution in [-0.4, -0.2) is 46.2 Å². The second kappa shape index (κ2) is 6.69. The highest BCUT2D eigenvalue weighted by atomic mass is 16.1. The van der Waals surface area contributed by atoms with Crippen LogP contribution in [0.5, 0.6) is 0 Å². The summed E-state index contributed by atoms with van der Waals surface area (Å²) in [6, 6.07) is 0. The van der Waals surface area contributed by atoms with Crippen LogP contribution < -0.4 is 16.0 Å². The van der Waals surface area contributed by atoms with Gasteiger partial charge in [-0.25, -0.2) is 0 Å². The molecular formula is C12H19N7O. The van der Waals surface area contributed by atoms with Crippen molar-refractivity contribution >= 4 is 28.7 Å². The first-order chi connectivity index (χ1) is 9.74. The Hall–Kier alpha value is -2.38. The normalized spacial score (nSPS) is 10.5. The van der Waals surface area contributed by atoms with Crippen LogP contribution in [0.1, 0.15) is 19.8 Å². The second-order valence-corrected chi connectivity index (χ2v) is 4.30. The van der Waals surface area contributed by atoms with Crippen LogP contribution in [0.15, 0.2) is 6.20 Å².